The second-order valence-electron chi connectivity index (χ2n) is 7.12. The molecule has 1 spiro atoms. The van der Waals surface area contributed by atoms with E-state index in [9.17, 15) is 14.4 Å². The quantitative estimate of drug-likeness (QED) is 0.751. The van der Waals surface area contributed by atoms with Gasteiger partial charge in [-0.15, -0.1) is 0 Å². The number of piperidine rings is 1. The lowest BCUT2D eigenvalue weighted by Crippen LogP contribution is -2.49. The van der Waals surface area contributed by atoms with Gasteiger partial charge in [-0.05, 0) is 32.2 Å². The maximum atomic E-state index is 12.9. The number of imide groups is 1. The maximum Gasteiger partial charge on any atom is 0.326 e. The molecule has 0 aromatic heterocycles. The summed E-state index contributed by atoms with van der Waals surface area (Å²) in [6.07, 6.45) is 7.32. The highest BCUT2D eigenvalue weighted by Gasteiger charge is 2.51. The van der Waals surface area contributed by atoms with Crippen molar-refractivity contribution in [2.45, 2.75) is 56.9 Å². The van der Waals surface area contributed by atoms with Gasteiger partial charge in [-0.3, -0.25) is 14.5 Å². The topological polar surface area (TPSA) is 95.7 Å². The Morgan fingerprint density at radius 1 is 1.17 bits per heavy atom. The van der Waals surface area contributed by atoms with Gasteiger partial charge in [0.05, 0.1) is 12.6 Å². The Kier molecular flexibility index (Phi) is 4.57. The van der Waals surface area contributed by atoms with Crippen molar-refractivity contribution in [2.24, 2.45) is 11.7 Å². The van der Waals surface area contributed by atoms with Gasteiger partial charge in [0.15, 0.2) is 0 Å². The van der Waals surface area contributed by atoms with Gasteiger partial charge >= 0.3 is 6.03 Å². The molecule has 3 rings (SSSR count). The predicted octanol–water partition coefficient (Wildman–Crippen LogP) is 0.786. The molecule has 0 radical (unpaired) electrons. The summed E-state index contributed by atoms with van der Waals surface area (Å²) < 4.78 is 0. The number of hydrogen-bond acceptors (Lipinski definition) is 4. The van der Waals surface area contributed by atoms with Crippen molar-refractivity contribution in [1.29, 1.82) is 0 Å². The molecule has 2 saturated heterocycles. The summed E-state index contributed by atoms with van der Waals surface area (Å²) >= 11 is 0. The molecule has 0 aromatic rings. The fourth-order valence-corrected chi connectivity index (χ4v) is 4.09. The van der Waals surface area contributed by atoms with Crippen molar-refractivity contribution in [2.75, 3.05) is 19.8 Å². The number of primary amides is 1. The summed E-state index contributed by atoms with van der Waals surface area (Å²) in [7, 11) is 0. The minimum atomic E-state index is -0.688. The third kappa shape index (κ3) is 3.20. The van der Waals surface area contributed by atoms with E-state index >= 15 is 0 Å². The molecule has 0 bridgehead atoms. The van der Waals surface area contributed by atoms with Crippen LogP contribution in [0.3, 0.4) is 0 Å². The van der Waals surface area contributed by atoms with Crippen molar-refractivity contribution in [1.82, 2.24) is 15.1 Å². The van der Waals surface area contributed by atoms with Crippen LogP contribution in [0, 0.1) is 5.92 Å². The summed E-state index contributed by atoms with van der Waals surface area (Å²) in [6, 6.07) is -0.293. The van der Waals surface area contributed by atoms with Crippen LogP contribution in [0.25, 0.3) is 0 Å². The Balaban J connectivity index is 1.67. The third-order valence-corrected chi connectivity index (χ3v) is 5.45. The Hall–Kier alpha value is -1.63. The lowest BCUT2D eigenvalue weighted by atomic mass is 9.90. The van der Waals surface area contributed by atoms with Crippen LogP contribution in [0.4, 0.5) is 4.79 Å². The fourth-order valence-electron chi connectivity index (χ4n) is 4.09. The minimum Gasteiger partial charge on any atom is -0.369 e. The standard InChI is InChI=1S/C16H26N4O3/c17-13(21)12-6-5-9-19(10-12)11-20-14(22)16(18-15(20)23)7-3-1-2-4-8-16/h12H,1-11H2,(H2,17,21)(H,18,23). The van der Waals surface area contributed by atoms with Gasteiger partial charge in [0.25, 0.3) is 5.91 Å². The molecule has 2 aliphatic heterocycles. The number of likely N-dealkylation sites (tertiary alicyclic amines) is 1. The van der Waals surface area contributed by atoms with Crippen LogP contribution in [0.15, 0.2) is 0 Å². The van der Waals surface area contributed by atoms with E-state index in [-0.39, 0.29) is 30.4 Å². The van der Waals surface area contributed by atoms with Crippen molar-refractivity contribution >= 4 is 17.8 Å². The van der Waals surface area contributed by atoms with Crippen LogP contribution in [-0.4, -0.2) is 52.9 Å². The fraction of sp³-hybridized carbons (Fsp3) is 0.812. The zero-order chi connectivity index (χ0) is 16.4. The number of nitrogens with two attached hydrogens (primary N) is 1. The first kappa shape index (κ1) is 16.2. The molecule has 3 fully saturated rings. The number of nitrogens with zero attached hydrogens (tertiary/aromatic N) is 2. The van der Waals surface area contributed by atoms with Crippen molar-refractivity contribution in [3.63, 3.8) is 0 Å². The molecule has 1 aliphatic carbocycles. The summed E-state index contributed by atoms with van der Waals surface area (Å²) in [6.45, 7) is 1.57. The van der Waals surface area contributed by atoms with Gasteiger partial charge < -0.3 is 11.1 Å². The molecule has 7 nitrogen and oxygen atoms in total. The van der Waals surface area contributed by atoms with Gasteiger partial charge in [0, 0.05) is 6.54 Å². The number of rotatable bonds is 3. The Bertz CT molecular complexity index is 500. The highest BCUT2D eigenvalue weighted by molar-refractivity contribution is 6.07. The molecular formula is C16H26N4O3. The number of hydrogen-bond donors (Lipinski definition) is 2. The van der Waals surface area contributed by atoms with Gasteiger partial charge in [0.2, 0.25) is 5.91 Å². The lowest BCUT2D eigenvalue weighted by molar-refractivity contribution is -0.133. The van der Waals surface area contributed by atoms with E-state index in [2.05, 4.69) is 5.32 Å². The molecule has 128 valence electrons. The zero-order valence-electron chi connectivity index (χ0n) is 13.6. The summed E-state index contributed by atoms with van der Waals surface area (Å²) in [5, 5.41) is 2.95. The second-order valence-corrected chi connectivity index (χ2v) is 7.12. The Morgan fingerprint density at radius 2 is 1.87 bits per heavy atom. The Morgan fingerprint density at radius 3 is 2.52 bits per heavy atom. The summed E-state index contributed by atoms with van der Waals surface area (Å²) in [5.41, 5.74) is 4.71. The van der Waals surface area contributed by atoms with Crippen molar-refractivity contribution in [3.8, 4) is 0 Å². The highest BCUT2D eigenvalue weighted by atomic mass is 16.2. The molecule has 1 atom stereocenters. The summed E-state index contributed by atoms with van der Waals surface area (Å²) in [4.78, 5) is 39.9. The number of urea groups is 1. The first-order chi connectivity index (χ1) is 11.0. The molecule has 4 amide bonds. The average molecular weight is 322 g/mol. The largest absolute Gasteiger partial charge is 0.369 e. The van der Waals surface area contributed by atoms with E-state index in [1.165, 1.54) is 4.90 Å². The number of amides is 4. The van der Waals surface area contributed by atoms with Crippen LogP contribution in [0.2, 0.25) is 0 Å². The molecule has 1 saturated carbocycles. The van der Waals surface area contributed by atoms with E-state index in [1.54, 1.807) is 0 Å². The zero-order valence-corrected chi connectivity index (χ0v) is 13.6. The van der Waals surface area contributed by atoms with E-state index < -0.39 is 5.54 Å². The van der Waals surface area contributed by atoms with Crippen LogP contribution >= 0.6 is 0 Å². The monoisotopic (exact) mass is 322 g/mol. The number of carbonyl (C=O) groups is 3. The molecule has 0 aromatic carbocycles. The van der Waals surface area contributed by atoms with Crippen molar-refractivity contribution in [3.05, 3.63) is 0 Å². The van der Waals surface area contributed by atoms with Gasteiger partial charge in [-0.1, -0.05) is 25.7 Å². The highest BCUT2D eigenvalue weighted by Crippen LogP contribution is 2.33. The molecule has 1 unspecified atom stereocenters. The van der Waals surface area contributed by atoms with Crippen molar-refractivity contribution < 1.29 is 14.4 Å². The predicted molar refractivity (Wildman–Crippen MR) is 84.2 cm³/mol. The Labute approximate surface area is 136 Å². The van der Waals surface area contributed by atoms with Crippen LogP contribution in [0.5, 0.6) is 0 Å². The molecule has 3 N–H and O–H groups in total. The van der Waals surface area contributed by atoms with Gasteiger partial charge in [-0.25, -0.2) is 9.69 Å². The summed E-state index contributed by atoms with van der Waals surface area (Å²) in [5.74, 6) is -0.575. The third-order valence-electron chi connectivity index (χ3n) is 5.45. The van der Waals surface area contributed by atoms with E-state index in [1.807, 2.05) is 4.90 Å². The van der Waals surface area contributed by atoms with E-state index in [0.29, 0.717) is 6.54 Å². The second kappa shape index (κ2) is 6.47. The lowest BCUT2D eigenvalue weighted by Gasteiger charge is -2.33. The molecule has 23 heavy (non-hydrogen) atoms. The molecule has 7 heteroatoms. The first-order valence-electron chi connectivity index (χ1n) is 8.68. The average Bonchev–Trinajstić information content (AvgIpc) is 2.72. The molecule has 3 aliphatic rings. The smallest absolute Gasteiger partial charge is 0.326 e. The maximum absolute atomic E-state index is 12.9. The molecular weight excluding hydrogens is 296 g/mol. The normalized spacial score (nSPS) is 28.7. The van der Waals surface area contributed by atoms with Crippen LogP contribution < -0.4 is 11.1 Å². The molecule has 2 heterocycles. The minimum absolute atomic E-state index is 0.0920. The van der Waals surface area contributed by atoms with Gasteiger partial charge in [-0.2, -0.15) is 0 Å². The number of nitrogens with one attached hydrogen (secondary N) is 1. The van der Waals surface area contributed by atoms with Gasteiger partial charge in [0.1, 0.15) is 5.54 Å². The van der Waals surface area contributed by atoms with Crippen LogP contribution in [-0.2, 0) is 9.59 Å². The van der Waals surface area contributed by atoms with Crippen LogP contribution in [0.1, 0.15) is 51.4 Å². The SMILES string of the molecule is NC(=O)C1CCCN(CN2C(=O)NC3(CCCCCC3)C2=O)C1. The van der Waals surface area contributed by atoms with E-state index in [4.69, 9.17) is 5.73 Å². The first-order valence-corrected chi connectivity index (χ1v) is 8.68. The van der Waals surface area contributed by atoms with E-state index in [0.717, 1.165) is 57.9 Å². The number of carbonyl (C=O) groups excluding carboxylic acids is 3.